The maximum absolute atomic E-state index is 12.4. The van der Waals surface area contributed by atoms with Crippen LogP contribution in [0.2, 0.25) is 0 Å². The van der Waals surface area contributed by atoms with E-state index < -0.39 is 12.5 Å². The summed E-state index contributed by atoms with van der Waals surface area (Å²) in [7, 11) is 0. The molecule has 0 aromatic rings. The van der Waals surface area contributed by atoms with Gasteiger partial charge in [-0.3, -0.25) is 4.90 Å². The molecule has 1 unspecified atom stereocenters. The van der Waals surface area contributed by atoms with Gasteiger partial charge in [-0.2, -0.15) is 0 Å². The van der Waals surface area contributed by atoms with Crippen molar-refractivity contribution in [3.05, 3.63) is 0 Å². The van der Waals surface area contributed by atoms with E-state index in [1.54, 1.807) is 6.92 Å². The van der Waals surface area contributed by atoms with Gasteiger partial charge in [0, 0.05) is 24.7 Å². The predicted molar refractivity (Wildman–Crippen MR) is 62.9 cm³/mol. The lowest BCUT2D eigenvalue weighted by molar-refractivity contribution is 0.0697. The van der Waals surface area contributed by atoms with Crippen molar-refractivity contribution in [3.8, 4) is 0 Å². The largest absolute Gasteiger partial charge is 0.306 e. The van der Waals surface area contributed by atoms with Crippen LogP contribution >= 0.6 is 0 Å². The van der Waals surface area contributed by atoms with Crippen LogP contribution in [0.3, 0.4) is 0 Å². The first-order valence-corrected chi connectivity index (χ1v) is 6.10. The molecule has 0 aliphatic carbocycles. The summed E-state index contributed by atoms with van der Waals surface area (Å²) in [5.41, 5.74) is 0.194. The smallest absolute Gasteiger partial charge is 0.253 e. The summed E-state index contributed by atoms with van der Waals surface area (Å²) < 4.78 is 24.8. The number of rotatable bonds is 3. The highest BCUT2D eigenvalue weighted by molar-refractivity contribution is 4.85. The Labute approximate surface area is 97.4 Å². The van der Waals surface area contributed by atoms with Gasteiger partial charge in [0.05, 0.1) is 6.04 Å². The summed E-state index contributed by atoms with van der Waals surface area (Å²) in [6, 6.07) is -0.436. The molecule has 1 N–H and O–H groups in total. The Kier molecular flexibility index (Phi) is 4.68. The lowest BCUT2D eigenvalue weighted by Gasteiger charge is -2.41. The second-order valence-electron chi connectivity index (χ2n) is 5.72. The van der Waals surface area contributed by atoms with E-state index in [1.165, 1.54) is 0 Å². The molecule has 0 radical (unpaired) electrons. The summed E-state index contributed by atoms with van der Waals surface area (Å²) in [6.45, 7) is 10.1. The molecule has 0 aromatic carbocycles. The van der Waals surface area contributed by atoms with E-state index in [4.69, 9.17) is 0 Å². The van der Waals surface area contributed by atoms with Crippen LogP contribution in [0.25, 0.3) is 0 Å². The van der Waals surface area contributed by atoms with E-state index in [0.29, 0.717) is 0 Å². The molecule has 96 valence electrons. The molecule has 0 aromatic heterocycles. The lowest BCUT2D eigenvalue weighted by Crippen LogP contribution is -2.52. The van der Waals surface area contributed by atoms with Gasteiger partial charge in [0.25, 0.3) is 6.43 Å². The summed E-state index contributed by atoms with van der Waals surface area (Å²) in [5.74, 6) is 0. The van der Waals surface area contributed by atoms with Crippen LogP contribution < -0.4 is 5.32 Å². The third-order valence-electron chi connectivity index (χ3n) is 3.32. The average Bonchev–Trinajstić information content (AvgIpc) is 2.17. The fraction of sp³-hybridized carbons (Fsp3) is 1.00. The zero-order chi connectivity index (χ0) is 12.3. The number of hydrogen-bond acceptors (Lipinski definition) is 2. The molecule has 2 nitrogen and oxygen atoms in total. The van der Waals surface area contributed by atoms with E-state index in [0.717, 1.165) is 25.9 Å². The molecular weight excluding hydrogens is 210 g/mol. The van der Waals surface area contributed by atoms with Gasteiger partial charge < -0.3 is 5.32 Å². The molecule has 0 saturated carbocycles. The van der Waals surface area contributed by atoms with Crippen molar-refractivity contribution in [1.29, 1.82) is 0 Å². The molecule has 0 amide bonds. The fourth-order valence-electron chi connectivity index (χ4n) is 2.16. The summed E-state index contributed by atoms with van der Waals surface area (Å²) in [6.07, 6.45) is -0.330. The standard InChI is InChI=1S/C12H24F2N2/c1-9(11(13)14)15-10-5-7-16(8-6-10)12(2,3)4/h9-11,15H,5-8H2,1-4H3. The monoisotopic (exact) mass is 234 g/mol. The number of alkyl halides is 2. The van der Waals surface area contributed by atoms with Crippen molar-refractivity contribution in [1.82, 2.24) is 10.2 Å². The topological polar surface area (TPSA) is 15.3 Å². The van der Waals surface area contributed by atoms with Crippen LogP contribution in [0, 0.1) is 0 Å². The van der Waals surface area contributed by atoms with E-state index in [1.807, 2.05) is 0 Å². The summed E-state index contributed by atoms with van der Waals surface area (Å²) in [5, 5.41) is 3.01. The van der Waals surface area contributed by atoms with Crippen molar-refractivity contribution in [2.45, 2.75) is 64.6 Å². The highest BCUT2D eigenvalue weighted by Crippen LogP contribution is 2.20. The summed E-state index contributed by atoms with van der Waals surface area (Å²) >= 11 is 0. The predicted octanol–water partition coefficient (Wildman–Crippen LogP) is 2.49. The van der Waals surface area contributed by atoms with Crippen molar-refractivity contribution < 1.29 is 8.78 Å². The molecular formula is C12H24F2N2. The number of halogens is 2. The Balaban J connectivity index is 2.32. The molecule has 16 heavy (non-hydrogen) atoms. The van der Waals surface area contributed by atoms with Crippen molar-refractivity contribution in [3.63, 3.8) is 0 Å². The van der Waals surface area contributed by atoms with E-state index >= 15 is 0 Å². The molecule has 1 rings (SSSR count). The molecule has 1 atom stereocenters. The Morgan fingerprint density at radius 2 is 1.69 bits per heavy atom. The zero-order valence-corrected chi connectivity index (χ0v) is 10.8. The minimum atomic E-state index is -2.26. The Bertz CT molecular complexity index is 206. The van der Waals surface area contributed by atoms with Gasteiger partial charge in [0.2, 0.25) is 0 Å². The highest BCUT2D eigenvalue weighted by Gasteiger charge is 2.28. The van der Waals surface area contributed by atoms with Crippen LogP contribution in [0.1, 0.15) is 40.5 Å². The van der Waals surface area contributed by atoms with E-state index in [9.17, 15) is 8.78 Å². The Morgan fingerprint density at radius 1 is 1.19 bits per heavy atom. The number of piperidine rings is 1. The third kappa shape index (κ3) is 3.98. The van der Waals surface area contributed by atoms with Crippen LogP contribution in [-0.4, -0.2) is 42.0 Å². The molecule has 0 spiro atoms. The molecule has 4 heteroatoms. The maximum Gasteiger partial charge on any atom is 0.253 e. The zero-order valence-electron chi connectivity index (χ0n) is 10.8. The quantitative estimate of drug-likeness (QED) is 0.807. The van der Waals surface area contributed by atoms with E-state index in [2.05, 4.69) is 31.0 Å². The second-order valence-corrected chi connectivity index (χ2v) is 5.72. The van der Waals surface area contributed by atoms with Crippen LogP contribution in [0.4, 0.5) is 8.78 Å². The first-order valence-electron chi connectivity index (χ1n) is 6.10. The van der Waals surface area contributed by atoms with Crippen LogP contribution in [0.5, 0.6) is 0 Å². The average molecular weight is 234 g/mol. The minimum Gasteiger partial charge on any atom is -0.306 e. The molecule has 1 saturated heterocycles. The number of hydrogen-bond donors (Lipinski definition) is 1. The third-order valence-corrected chi connectivity index (χ3v) is 3.32. The molecule has 1 aliphatic heterocycles. The number of likely N-dealkylation sites (tertiary alicyclic amines) is 1. The van der Waals surface area contributed by atoms with Crippen LogP contribution in [0.15, 0.2) is 0 Å². The van der Waals surface area contributed by atoms with E-state index in [-0.39, 0.29) is 11.6 Å². The Morgan fingerprint density at radius 3 is 2.06 bits per heavy atom. The van der Waals surface area contributed by atoms with Crippen molar-refractivity contribution in [2.75, 3.05) is 13.1 Å². The highest BCUT2D eigenvalue weighted by atomic mass is 19.3. The first kappa shape index (κ1) is 13.8. The van der Waals surface area contributed by atoms with Crippen molar-refractivity contribution >= 4 is 0 Å². The van der Waals surface area contributed by atoms with Gasteiger partial charge in [0.1, 0.15) is 0 Å². The normalized spacial score (nSPS) is 22.7. The first-order chi connectivity index (χ1) is 7.30. The van der Waals surface area contributed by atoms with Gasteiger partial charge in [-0.05, 0) is 40.5 Å². The number of nitrogens with one attached hydrogen (secondary N) is 1. The van der Waals surface area contributed by atoms with Gasteiger partial charge in [-0.15, -0.1) is 0 Å². The Hall–Kier alpha value is -0.220. The maximum atomic E-state index is 12.4. The summed E-state index contributed by atoms with van der Waals surface area (Å²) in [4.78, 5) is 2.41. The molecule has 1 aliphatic rings. The molecule has 1 fully saturated rings. The minimum absolute atomic E-state index is 0.194. The second kappa shape index (κ2) is 5.41. The van der Waals surface area contributed by atoms with Gasteiger partial charge >= 0.3 is 0 Å². The van der Waals surface area contributed by atoms with Gasteiger partial charge in [0.15, 0.2) is 0 Å². The lowest BCUT2D eigenvalue weighted by atomic mass is 9.97. The van der Waals surface area contributed by atoms with Gasteiger partial charge in [-0.25, -0.2) is 8.78 Å². The van der Waals surface area contributed by atoms with Crippen molar-refractivity contribution in [2.24, 2.45) is 0 Å². The molecule has 0 bridgehead atoms. The number of nitrogens with zero attached hydrogens (tertiary/aromatic N) is 1. The fourth-order valence-corrected chi connectivity index (χ4v) is 2.16. The molecule has 1 heterocycles. The SMILES string of the molecule is CC(NC1CCN(C(C)(C)C)CC1)C(F)F. The van der Waals surface area contributed by atoms with Crippen LogP contribution in [-0.2, 0) is 0 Å². The van der Waals surface area contributed by atoms with Gasteiger partial charge in [-0.1, -0.05) is 0 Å².